The molecular formula is C11H20N2O3S. The minimum absolute atomic E-state index is 0.0507. The van der Waals surface area contributed by atoms with Gasteiger partial charge in [0.05, 0.1) is 18.5 Å². The quantitative estimate of drug-likeness (QED) is 0.705. The van der Waals surface area contributed by atoms with E-state index in [1.807, 2.05) is 13.8 Å². The number of nitrogens with one attached hydrogen (secondary N) is 1. The maximum absolute atomic E-state index is 11.9. The Bertz CT molecular complexity index is 294. The third-order valence-electron chi connectivity index (χ3n) is 2.50. The van der Waals surface area contributed by atoms with Gasteiger partial charge in [-0.05, 0) is 20.8 Å². The second-order valence-corrected chi connectivity index (χ2v) is 5.24. The maximum atomic E-state index is 11.9. The molecule has 6 heteroatoms. The van der Waals surface area contributed by atoms with Crippen LogP contribution in [0.4, 0.5) is 0 Å². The molecule has 0 radical (unpaired) electrons. The van der Waals surface area contributed by atoms with E-state index < -0.39 is 11.3 Å². The van der Waals surface area contributed by atoms with Crippen molar-refractivity contribution in [2.24, 2.45) is 0 Å². The summed E-state index contributed by atoms with van der Waals surface area (Å²) in [5.74, 6) is -0.289. The van der Waals surface area contributed by atoms with Crippen LogP contribution in [0.15, 0.2) is 0 Å². The molecule has 1 aliphatic rings. The Balaban J connectivity index is 2.72. The summed E-state index contributed by atoms with van der Waals surface area (Å²) < 4.78 is 5.27. The zero-order chi connectivity index (χ0) is 13.0. The van der Waals surface area contributed by atoms with E-state index in [9.17, 15) is 9.59 Å². The van der Waals surface area contributed by atoms with Crippen molar-refractivity contribution in [1.29, 1.82) is 0 Å². The zero-order valence-electron chi connectivity index (χ0n) is 10.5. The normalized spacial score (nSPS) is 22.4. The van der Waals surface area contributed by atoms with Gasteiger partial charge in [0, 0.05) is 12.6 Å². The average molecular weight is 260 g/mol. The van der Waals surface area contributed by atoms with Crippen molar-refractivity contribution >= 4 is 24.4 Å². The van der Waals surface area contributed by atoms with Gasteiger partial charge in [-0.25, -0.2) is 0 Å². The smallest absolute Gasteiger partial charge is 0.245 e. The van der Waals surface area contributed by atoms with E-state index in [2.05, 4.69) is 17.9 Å². The highest BCUT2D eigenvalue weighted by atomic mass is 32.1. The average Bonchev–Trinajstić information content (AvgIpc) is 2.27. The van der Waals surface area contributed by atoms with Gasteiger partial charge in [0.25, 0.3) is 0 Å². The summed E-state index contributed by atoms with van der Waals surface area (Å²) in [5.41, 5.74) is 0. The summed E-state index contributed by atoms with van der Waals surface area (Å²) in [7, 11) is 0. The van der Waals surface area contributed by atoms with E-state index in [0.29, 0.717) is 13.2 Å². The number of thiol groups is 1. The molecule has 1 rings (SSSR count). The first kappa shape index (κ1) is 14.3. The molecule has 5 nitrogen and oxygen atoms in total. The summed E-state index contributed by atoms with van der Waals surface area (Å²) in [6.07, 6.45) is 0. The van der Waals surface area contributed by atoms with Gasteiger partial charge in [0.1, 0.15) is 6.04 Å². The summed E-state index contributed by atoms with van der Waals surface area (Å²) in [4.78, 5) is 25.4. The first-order valence-electron chi connectivity index (χ1n) is 5.80. The first-order valence-corrected chi connectivity index (χ1v) is 6.31. The summed E-state index contributed by atoms with van der Waals surface area (Å²) in [6.45, 7) is 6.64. The van der Waals surface area contributed by atoms with E-state index in [-0.39, 0.29) is 24.5 Å². The first-order chi connectivity index (χ1) is 7.93. The van der Waals surface area contributed by atoms with Crippen molar-refractivity contribution in [1.82, 2.24) is 10.2 Å². The predicted octanol–water partition coefficient (Wildman–Crippen LogP) is 0.0567. The molecule has 1 fully saturated rings. The topological polar surface area (TPSA) is 58.6 Å². The van der Waals surface area contributed by atoms with Crippen molar-refractivity contribution < 1.29 is 14.3 Å². The zero-order valence-corrected chi connectivity index (χ0v) is 11.4. The fourth-order valence-corrected chi connectivity index (χ4v) is 1.85. The van der Waals surface area contributed by atoms with Gasteiger partial charge in [-0.3, -0.25) is 9.59 Å². The molecule has 2 atom stereocenters. The van der Waals surface area contributed by atoms with Crippen LogP contribution in [0.25, 0.3) is 0 Å². The van der Waals surface area contributed by atoms with Crippen LogP contribution in [-0.4, -0.2) is 53.8 Å². The molecule has 0 aromatic rings. The molecule has 1 N–H and O–H groups in total. The van der Waals surface area contributed by atoms with Crippen molar-refractivity contribution in [3.8, 4) is 0 Å². The molecule has 0 saturated carbocycles. The number of carbonyl (C=O) groups excluding carboxylic acids is 2. The third-order valence-corrected chi connectivity index (χ3v) is 2.72. The van der Waals surface area contributed by atoms with Crippen LogP contribution in [0.3, 0.4) is 0 Å². The SMILES string of the molecule is CC(C)NC(=O)C1COCCN1C(=O)C(C)S. The summed E-state index contributed by atoms with van der Waals surface area (Å²) in [5, 5.41) is 2.40. The van der Waals surface area contributed by atoms with Gasteiger partial charge in [-0.1, -0.05) is 0 Å². The van der Waals surface area contributed by atoms with E-state index in [1.54, 1.807) is 11.8 Å². The van der Waals surface area contributed by atoms with E-state index in [1.165, 1.54) is 0 Å². The largest absolute Gasteiger partial charge is 0.377 e. The Kier molecular flexibility index (Phi) is 5.27. The highest BCUT2D eigenvalue weighted by Crippen LogP contribution is 2.11. The van der Waals surface area contributed by atoms with E-state index in [0.717, 1.165) is 0 Å². The van der Waals surface area contributed by atoms with Crippen molar-refractivity contribution in [2.75, 3.05) is 19.8 Å². The van der Waals surface area contributed by atoms with Crippen LogP contribution in [0.2, 0.25) is 0 Å². The lowest BCUT2D eigenvalue weighted by atomic mass is 10.2. The summed E-state index contributed by atoms with van der Waals surface area (Å²) >= 11 is 4.12. The maximum Gasteiger partial charge on any atom is 0.245 e. The summed E-state index contributed by atoms with van der Waals surface area (Å²) in [6, 6.07) is -0.483. The molecule has 0 aromatic heterocycles. The van der Waals surface area contributed by atoms with Crippen molar-refractivity contribution in [3.05, 3.63) is 0 Å². The number of hydrogen-bond donors (Lipinski definition) is 2. The number of ether oxygens (including phenoxy) is 1. The second kappa shape index (κ2) is 6.26. The Labute approximate surface area is 107 Å². The van der Waals surface area contributed by atoms with Crippen molar-refractivity contribution in [2.45, 2.75) is 38.1 Å². The fraction of sp³-hybridized carbons (Fsp3) is 0.818. The van der Waals surface area contributed by atoms with Crippen LogP contribution in [0.1, 0.15) is 20.8 Å². The molecule has 0 spiro atoms. The number of hydrogen-bond acceptors (Lipinski definition) is 4. The van der Waals surface area contributed by atoms with Crippen molar-refractivity contribution in [3.63, 3.8) is 0 Å². The molecule has 2 unspecified atom stereocenters. The second-order valence-electron chi connectivity index (χ2n) is 4.46. The Morgan fingerprint density at radius 2 is 2.06 bits per heavy atom. The van der Waals surface area contributed by atoms with Crippen LogP contribution >= 0.6 is 12.6 Å². The van der Waals surface area contributed by atoms with Crippen LogP contribution < -0.4 is 5.32 Å². The lowest BCUT2D eigenvalue weighted by molar-refractivity contribution is -0.148. The van der Waals surface area contributed by atoms with Gasteiger partial charge in [0.15, 0.2) is 0 Å². The molecule has 1 saturated heterocycles. The minimum Gasteiger partial charge on any atom is -0.377 e. The van der Waals surface area contributed by atoms with Gasteiger partial charge < -0.3 is 15.0 Å². The number of carbonyl (C=O) groups is 2. The third kappa shape index (κ3) is 3.89. The monoisotopic (exact) mass is 260 g/mol. The van der Waals surface area contributed by atoms with Gasteiger partial charge in [-0.2, -0.15) is 12.6 Å². The molecule has 0 aliphatic carbocycles. The van der Waals surface area contributed by atoms with Gasteiger partial charge >= 0.3 is 0 Å². The Morgan fingerprint density at radius 3 is 2.59 bits per heavy atom. The van der Waals surface area contributed by atoms with E-state index >= 15 is 0 Å². The molecule has 2 amide bonds. The highest BCUT2D eigenvalue weighted by molar-refractivity contribution is 7.81. The number of morpholine rings is 1. The molecular weight excluding hydrogens is 240 g/mol. The molecule has 17 heavy (non-hydrogen) atoms. The standard InChI is InChI=1S/C11H20N2O3S/c1-7(2)12-10(14)9-6-16-5-4-13(9)11(15)8(3)17/h7-9,17H,4-6H2,1-3H3,(H,12,14). The van der Waals surface area contributed by atoms with Gasteiger partial charge in [0.2, 0.25) is 11.8 Å². The number of rotatable bonds is 3. The Morgan fingerprint density at radius 1 is 1.41 bits per heavy atom. The minimum atomic E-state index is -0.534. The van der Waals surface area contributed by atoms with Gasteiger partial charge in [-0.15, -0.1) is 0 Å². The highest BCUT2D eigenvalue weighted by Gasteiger charge is 2.34. The lowest BCUT2D eigenvalue weighted by Crippen LogP contribution is -2.58. The molecule has 0 aromatic carbocycles. The Hall–Kier alpha value is -0.750. The van der Waals surface area contributed by atoms with Crippen LogP contribution in [-0.2, 0) is 14.3 Å². The number of nitrogens with zero attached hydrogens (tertiary/aromatic N) is 1. The fourth-order valence-electron chi connectivity index (χ4n) is 1.71. The van der Waals surface area contributed by atoms with E-state index in [4.69, 9.17) is 4.74 Å². The molecule has 1 aliphatic heterocycles. The number of amides is 2. The lowest BCUT2D eigenvalue weighted by Gasteiger charge is -2.35. The molecule has 0 bridgehead atoms. The molecule has 98 valence electrons. The van der Waals surface area contributed by atoms with Crippen LogP contribution in [0.5, 0.6) is 0 Å². The molecule has 1 heterocycles. The van der Waals surface area contributed by atoms with Crippen LogP contribution in [0, 0.1) is 0 Å². The predicted molar refractivity (Wildman–Crippen MR) is 68.0 cm³/mol.